The van der Waals surface area contributed by atoms with Crippen molar-refractivity contribution in [2.24, 2.45) is 0 Å². The molecule has 23 heavy (non-hydrogen) atoms. The number of hydrogen-bond acceptors (Lipinski definition) is 3. The Balaban J connectivity index is 1.71. The first-order valence-corrected chi connectivity index (χ1v) is 7.68. The zero-order valence-corrected chi connectivity index (χ0v) is 13.2. The highest BCUT2D eigenvalue weighted by Crippen LogP contribution is 2.34. The number of benzene rings is 2. The SMILES string of the molecule is Clc1nccc(OCc2ccccc2)c1OCc1ccccc1. The van der Waals surface area contributed by atoms with Crippen molar-refractivity contribution in [3.8, 4) is 11.5 Å². The van der Waals surface area contributed by atoms with Crippen molar-refractivity contribution in [3.63, 3.8) is 0 Å². The molecule has 0 N–H and O–H groups in total. The fourth-order valence-corrected chi connectivity index (χ4v) is 2.32. The lowest BCUT2D eigenvalue weighted by Gasteiger charge is -2.13. The summed E-state index contributed by atoms with van der Waals surface area (Å²) in [6.07, 6.45) is 1.61. The molecule has 0 unspecified atom stereocenters. The molecule has 0 aliphatic carbocycles. The fraction of sp³-hybridized carbons (Fsp3) is 0.105. The molecule has 1 aromatic heterocycles. The number of hydrogen-bond donors (Lipinski definition) is 0. The van der Waals surface area contributed by atoms with Gasteiger partial charge in [-0.1, -0.05) is 72.3 Å². The molecule has 4 heteroatoms. The first-order valence-electron chi connectivity index (χ1n) is 7.31. The number of rotatable bonds is 6. The van der Waals surface area contributed by atoms with Gasteiger partial charge < -0.3 is 9.47 Å². The van der Waals surface area contributed by atoms with Crippen molar-refractivity contribution in [2.75, 3.05) is 0 Å². The van der Waals surface area contributed by atoms with Gasteiger partial charge >= 0.3 is 0 Å². The summed E-state index contributed by atoms with van der Waals surface area (Å²) in [4.78, 5) is 4.07. The first-order chi connectivity index (χ1) is 11.3. The maximum absolute atomic E-state index is 6.16. The van der Waals surface area contributed by atoms with Gasteiger partial charge in [0, 0.05) is 12.3 Å². The molecule has 0 spiro atoms. The molecule has 0 saturated carbocycles. The summed E-state index contributed by atoms with van der Waals surface area (Å²) in [5, 5.41) is 0.298. The molecule has 0 aliphatic rings. The van der Waals surface area contributed by atoms with Crippen LogP contribution in [0.5, 0.6) is 11.5 Å². The third kappa shape index (κ3) is 4.24. The quantitative estimate of drug-likeness (QED) is 0.604. The third-order valence-electron chi connectivity index (χ3n) is 3.29. The van der Waals surface area contributed by atoms with E-state index in [1.54, 1.807) is 12.3 Å². The maximum atomic E-state index is 6.16. The van der Waals surface area contributed by atoms with Crippen molar-refractivity contribution >= 4 is 11.6 Å². The smallest absolute Gasteiger partial charge is 0.199 e. The zero-order valence-electron chi connectivity index (χ0n) is 12.5. The van der Waals surface area contributed by atoms with E-state index in [9.17, 15) is 0 Å². The van der Waals surface area contributed by atoms with Gasteiger partial charge in [-0.2, -0.15) is 0 Å². The van der Waals surface area contributed by atoms with Crippen LogP contribution in [0.4, 0.5) is 0 Å². The summed E-state index contributed by atoms with van der Waals surface area (Å²) in [6.45, 7) is 0.858. The van der Waals surface area contributed by atoms with E-state index in [4.69, 9.17) is 21.1 Å². The Morgan fingerprint density at radius 1 is 0.739 bits per heavy atom. The average molecular weight is 326 g/mol. The molecule has 0 aliphatic heterocycles. The standard InChI is InChI=1S/C19H16ClNO2/c20-19-18(23-14-16-9-5-2-6-10-16)17(11-12-21-19)22-13-15-7-3-1-4-8-15/h1-12H,13-14H2. The fourth-order valence-electron chi connectivity index (χ4n) is 2.12. The van der Waals surface area contributed by atoms with Gasteiger partial charge in [0.15, 0.2) is 16.7 Å². The minimum Gasteiger partial charge on any atom is -0.485 e. The van der Waals surface area contributed by atoms with Gasteiger partial charge in [0.1, 0.15) is 13.2 Å². The molecular weight excluding hydrogens is 310 g/mol. The second-order valence-electron chi connectivity index (χ2n) is 4.98. The number of ether oxygens (including phenoxy) is 2. The van der Waals surface area contributed by atoms with Crippen molar-refractivity contribution in [1.82, 2.24) is 4.98 Å². The van der Waals surface area contributed by atoms with Crippen LogP contribution in [0.3, 0.4) is 0 Å². The molecule has 0 saturated heterocycles. The molecule has 3 nitrogen and oxygen atoms in total. The van der Waals surface area contributed by atoms with Gasteiger partial charge in [0.25, 0.3) is 0 Å². The predicted molar refractivity (Wildman–Crippen MR) is 90.8 cm³/mol. The molecule has 3 aromatic rings. The van der Waals surface area contributed by atoms with Gasteiger partial charge in [-0.05, 0) is 11.1 Å². The number of aromatic nitrogens is 1. The Hall–Kier alpha value is -2.52. The van der Waals surface area contributed by atoms with E-state index in [1.165, 1.54) is 0 Å². The van der Waals surface area contributed by atoms with Gasteiger partial charge in [-0.15, -0.1) is 0 Å². The van der Waals surface area contributed by atoms with E-state index in [1.807, 2.05) is 60.7 Å². The average Bonchev–Trinajstić information content (AvgIpc) is 2.61. The van der Waals surface area contributed by atoms with E-state index in [0.717, 1.165) is 11.1 Å². The van der Waals surface area contributed by atoms with Gasteiger partial charge in [-0.25, -0.2) is 4.98 Å². The van der Waals surface area contributed by atoms with Gasteiger partial charge in [0.05, 0.1) is 0 Å². The first kappa shape index (κ1) is 15.4. The van der Waals surface area contributed by atoms with Crippen LogP contribution in [0.15, 0.2) is 72.9 Å². The number of halogens is 1. The molecule has 0 bridgehead atoms. The third-order valence-corrected chi connectivity index (χ3v) is 3.56. The molecule has 0 amide bonds. The lowest BCUT2D eigenvalue weighted by Crippen LogP contribution is -2.01. The second kappa shape index (κ2) is 7.65. The Labute approximate surface area is 140 Å². The van der Waals surface area contributed by atoms with Crippen LogP contribution < -0.4 is 9.47 Å². The number of nitrogens with zero attached hydrogens (tertiary/aromatic N) is 1. The lowest BCUT2D eigenvalue weighted by atomic mass is 10.2. The summed E-state index contributed by atoms with van der Waals surface area (Å²) in [5.74, 6) is 1.05. The molecule has 1 heterocycles. The Morgan fingerprint density at radius 2 is 1.30 bits per heavy atom. The van der Waals surface area contributed by atoms with E-state index in [-0.39, 0.29) is 0 Å². The summed E-state index contributed by atoms with van der Waals surface area (Å²) in [7, 11) is 0. The van der Waals surface area contributed by atoms with Crippen LogP contribution in [0.2, 0.25) is 5.15 Å². The predicted octanol–water partition coefficient (Wildman–Crippen LogP) is 4.89. The van der Waals surface area contributed by atoms with Crippen molar-refractivity contribution in [3.05, 3.63) is 89.2 Å². The normalized spacial score (nSPS) is 10.3. The van der Waals surface area contributed by atoms with Crippen LogP contribution in [-0.2, 0) is 13.2 Å². The van der Waals surface area contributed by atoms with E-state index >= 15 is 0 Å². The molecule has 3 rings (SSSR count). The molecule has 116 valence electrons. The molecule has 2 aromatic carbocycles. The molecule has 0 fully saturated rings. The molecule has 0 radical (unpaired) electrons. The van der Waals surface area contributed by atoms with Crippen LogP contribution >= 0.6 is 11.6 Å². The van der Waals surface area contributed by atoms with Crippen molar-refractivity contribution in [2.45, 2.75) is 13.2 Å². The number of pyridine rings is 1. The highest BCUT2D eigenvalue weighted by molar-refractivity contribution is 6.31. The summed E-state index contributed by atoms with van der Waals surface area (Å²) in [5.41, 5.74) is 2.14. The minimum atomic E-state index is 0.298. The van der Waals surface area contributed by atoms with Crippen LogP contribution in [0, 0.1) is 0 Å². The van der Waals surface area contributed by atoms with Crippen LogP contribution in [0.25, 0.3) is 0 Å². The summed E-state index contributed by atoms with van der Waals surface area (Å²) in [6, 6.07) is 21.6. The maximum Gasteiger partial charge on any atom is 0.199 e. The topological polar surface area (TPSA) is 31.4 Å². The van der Waals surface area contributed by atoms with Crippen molar-refractivity contribution in [1.29, 1.82) is 0 Å². The molecular formula is C19H16ClNO2. The monoisotopic (exact) mass is 325 g/mol. The highest BCUT2D eigenvalue weighted by Gasteiger charge is 2.11. The van der Waals surface area contributed by atoms with Gasteiger partial charge in [-0.3, -0.25) is 0 Å². The van der Waals surface area contributed by atoms with E-state index in [2.05, 4.69) is 4.98 Å². The highest BCUT2D eigenvalue weighted by atomic mass is 35.5. The van der Waals surface area contributed by atoms with E-state index in [0.29, 0.717) is 29.9 Å². The molecule has 0 atom stereocenters. The van der Waals surface area contributed by atoms with Gasteiger partial charge in [0.2, 0.25) is 0 Å². The Bertz CT molecular complexity index is 748. The minimum absolute atomic E-state index is 0.298. The Kier molecular flexibility index (Phi) is 5.12. The summed E-state index contributed by atoms with van der Waals surface area (Å²) < 4.78 is 11.7. The van der Waals surface area contributed by atoms with Crippen LogP contribution in [-0.4, -0.2) is 4.98 Å². The lowest BCUT2D eigenvalue weighted by molar-refractivity contribution is 0.255. The summed E-state index contributed by atoms with van der Waals surface area (Å²) >= 11 is 6.16. The Morgan fingerprint density at radius 3 is 1.91 bits per heavy atom. The van der Waals surface area contributed by atoms with Crippen molar-refractivity contribution < 1.29 is 9.47 Å². The van der Waals surface area contributed by atoms with Crippen LogP contribution in [0.1, 0.15) is 11.1 Å². The zero-order chi connectivity index (χ0) is 15.9. The largest absolute Gasteiger partial charge is 0.485 e. The van der Waals surface area contributed by atoms with E-state index < -0.39 is 0 Å². The second-order valence-corrected chi connectivity index (χ2v) is 5.34.